The molecule has 0 aromatic heterocycles. The van der Waals surface area contributed by atoms with Crippen molar-refractivity contribution in [2.75, 3.05) is 6.61 Å². The molecule has 0 fully saturated rings. The predicted molar refractivity (Wildman–Crippen MR) is 44.3 cm³/mol. The van der Waals surface area contributed by atoms with Gasteiger partial charge in [-0.2, -0.15) is 0 Å². The van der Waals surface area contributed by atoms with Gasteiger partial charge in [-0.1, -0.05) is 0 Å². The van der Waals surface area contributed by atoms with E-state index in [1.807, 2.05) is 0 Å². The van der Waals surface area contributed by atoms with Gasteiger partial charge in [-0.3, -0.25) is 19.7 Å². The van der Waals surface area contributed by atoms with E-state index >= 15 is 0 Å². The number of aliphatic hydroxyl groups excluding tert-OH is 4. The number of ketones is 1. The van der Waals surface area contributed by atoms with Gasteiger partial charge >= 0.3 is 0 Å². The van der Waals surface area contributed by atoms with Crippen molar-refractivity contribution in [3.63, 3.8) is 0 Å². The van der Waals surface area contributed by atoms with E-state index in [4.69, 9.17) is 20.4 Å². The van der Waals surface area contributed by atoms with Gasteiger partial charge in [-0.15, -0.1) is 0 Å². The first-order chi connectivity index (χ1) is 6.95. The van der Waals surface area contributed by atoms with Gasteiger partial charge in [-0.25, -0.2) is 0 Å². The lowest BCUT2D eigenvalue weighted by Crippen LogP contribution is -2.48. The minimum atomic E-state index is -2.20. The average molecular weight is 221 g/mol. The van der Waals surface area contributed by atoms with Crippen LogP contribution in [0.1, 0.15) is 0 Å². The molecule has 0 aliphatic rings. The number of rotatable bonds is 6. The van der Waals surface area contributed by atoms with Crippen molar-refractivity contribution in [1.29, 1.82) is 0 Å². The second kappa shape index (κ2) is 6.19. The first-order valence-corrected chi connectivity index (χ1v) is 3.89. The van der Waals surface area contributed by atoms with Gasteiger partial charge in [-0.05, 0) is 0 Å². The number of carbonyl (C=O) groups is 3. The maximum atomic E-state index is 10.9. The fraction of sp³-hybridized carbons (Fsp3) is 0.571. The highest BCUT2D eigenvalue weighted by Gasteiger charge is 2.33. The summed E-state index contributed by atoms with van der Waals surface area (Å²) in [4.78, 5) is 31.4. The smallest absolute Gasteiger partial charge is 0.296 e. The molecule has 0 radical (unpaired) electrons. The highest BCUT2D eigenvalue weighted by atomic mass is 16.4. The first-order valence-electron chi connectivity index (χ1n) is 3.89. The lowest BCUT2D eigenvalue weighted by Gasteiger charge is -2.19. The molecule has 8 heteroatoms. The lowest BCUT2D eigenvalue weighted by molar-refractivity contribution is -0.151. The van der Waals surface area contributed by atoms with Crippen molar-refractivity contribution in [1.82, 2.24) is 5.32 Å². The van der Waals surface area contributed by atoms with Crippen LogP contribution in [0.3, 0.4) is 0 Å². The van der Waals surface area contributed by atoms with Gasteiger partial charge in [0, 0.05) is 0 Å². The molecule has 0 aliphatic carbocycles. The van der Waals surface area contributed by atoms with Crippen LogP contribution >= 0.6 is 0 Å². The zero-order valence-corrected chi connectivity index (χ0v) is 7.53. The normalized spacial score (nSPS) is 16.3. The van der Waals surface area contributed by atoms with Crippen LogP contribution in [0.25, 0.3) is 0 Å². The van der Waals surface area contributed by atoms with E-state index in [0.717, 1.165) is 0 Å². The third-order valence-electron chi connectivity index (χ3n) is 1.59. The number of carbonyl (C=O) groups excluding carboxylic acids is 3. The van der Waals surface area contributed by atoms with Crippen LogP contribution in [0.4, 0.5) is 0 Å². The van der Waals surface area contributed by atoms with E-state index in [-0.39, 0.29) is 6.41 Å². The summed E-state index contributed by atoms with van der Waals surface area (Å²) < 4.78 is 0. The molecule has 0 saturated heterocycles. The summed E-state index contributed by atoms with van der Waals surface area (Å²) in [6.07, 6.45) is -6.03. The molecule has 5 N–H and O–H groups in total. The van der Waals surface area contributed by atoms with Crippen LogP contribution in [-0.4, -0.2) is 63.4 Å². The number of hydrogen-bond acceptors (Lipinski definition) is 7. The summed E-state index contributed by atoms with van der Waals surface area (Å²) >= 11 is 0. The molecule has 15 heavy (non-hydrogen) atoms. The standard InChI is InChI=1S/C7H11NO7/c9-1-3(11)4(12)5(13)6(14)7(15)8-2-10/h2-5,9,11-13H,1H2,(H,8,10,15)/t3-,4-,5+/m1/s1. The molecule has 0 spiro atoms. The molecule has 0 saturated carbocycles. The fourth-order valence-corrected chi connectivity index (χ4v) is 0.732. The maximum Gasteiger partial charge on any atom is 0.296 e. The molecule has 0 aliphatic heterocycles. The SMILES string of the molecule is O=CNC(=O)C(=O)[C@@H](O)[C@H](O)[C@H](O)CO. The molecule has 86 valence electrons. The Labute approximate surface area is 84.1 Å². The molecule has 0 rings (SSSR count). The summed E-state index contributed by atoms with van der Waals surface area (Å²) in [5.41, 5.74) is 0. The second-order valence-electron chi connectivity index (χ2n) is 2.64. The predicted octanol–water partition coefficient (Wildman–Crippen LogP) is -4.10. The molecular weight excluding hydrogens is 210 g/mol. The number of imide groups is 1. The van der Waals surface area contributed by atoms with Crippen LogP contribution < -0.4 is 5.32 Å². The average Bonchev–Trinajstić information content (AvgIpc) is 2.25. The Bertz CT molecular complexity index is 254. The first kappa shape index (κ1) is 13.7. The molecule has 0 unspecified atom stereocenters. The molecule has 8 nitrogen and oxygen atoms in total. The summed E-state index contributed by atoms with van der Waals surface area (Å²) in [5, 5.41) is 36.7. The fourth-order valence-electron chi connectivity index (χ4n) is 0.732. The number of hydrogen-bond donors (Lipinski definition) is 5. The van der Waals surface area contributed by atoms with Gasteiger partial charge in [0.2, 0.25) is 6.41 Å². The van der Waals surface area contributed by atoms with Crippen molar-refractivity contribution in [3.05, 3.63) is 0 Å². The van der Waals surface area contributed by atoms with Gasteiger partial charge in [0.25, 0.3) is 11.7 Å². The quantitative estimate of drug-likeness (QED) is 0.226. The third kappa shape index (κ3) is 3.72. The van der Waals surface area contributed by atoms with Crippen LogP contribution in [-0.2, 0) is 14.4 Å². The highest BCUT2D eigenvalue weighted by molar-refractivity contribution is 6.39. The summed E-state index contributed by atoms with van der Waals surface area (Å²) in [5.74, 6) is -2.90. The highest BCUT2D eigenvalue weighted by Crippen LogP contribution is 2.01. The Balaban J connectivity index is 4.43. The van der Waals surface area contributed by atoms with E-state index in [0.29, 0.717) is 0 Å². The maximum absolute atomic E-state index is 10.9. The molecular formula is C7H11NO7. The molecule has 0 bridgehead atoms. The molecule has 2 amide bonds. The van der Waals surface area contributed by atoms with Gasteiger partial charge in [0.05, 0.1) is 6.61 Å². The molecule has 0 aromatic carbocycles. The Morgan fingerprint density at radius 1 is 1.27 bits per heavy atom. The van der Waals surface area contributed by atoms with Crippen LogP contribution in [0, 0.1) is 0 Å². The van der Waals surface area contributed by atoms with Crippen molar-refractivity contribution in [2.45, 2.75) is 18.3 Å². The number of aliphatic hydroxyl groups is 4. The zero-order chi connectivity index (χ0) is 12.0. The Hall–Kier alpha value is -1.35. The molecule has 3 atom stereocenters. The van der Waals surface area contributed by atoms with Crippen molar-refractivity contribution in [2.24, 2.45) is 0 Å². The Kier molecular flexibility index (Phi) is 5.64. The van der Waals surface area contributed by atoms with Crippen molar-refractivity contribution in [3.8, 4) is 0 Å². The van der Waals surface area contributed by atoms with Gasteiger partial charge in [0.15, 0.2) is 6.10 Å². The monoisotopic (exact) mass is 221 g/mol. The number of Topliss-reactive ketones (excluding diaryl/α,β-unsaturated/α-hetero) is 1. The van der Waals surface area contributed by atoms with Crippen LogP contribution in [0.2, 0.25) is 0 Å². The second-order valence-corrected chi connectivity index (χ2v) is 2.64. The van der Waals surface area contributed by atoms with Gasteiger partial charge in [0.1, 0.15) is 12.2 Å². The third-order valence-corrected chi connectivity index (χ3v) is 1.59. The van der Waals surface area contributed by atoms with Crippen LogP contribution in [0.15, 0.2) is 0 Å². The summed E-state index contributed by atoms with van der Waals surface area (Å²) in [6.45, 7) is -0.888. The Morgan fingerprint density at radius 2 is 1.80 bits per heavy atom. The van der Waals surface area contributed by atoms with Crippen LogP contribution in [0.5, 0.6) is 0 Å². The minimum Gasteiger partial charge on any atom is -0.394 e. The molecule has 0 aromatic rings. The van der Waals surface area contributed by atoms with Gasteiger partial charge < -0.3 is 20.4 Å². The number of amides is 2. The zero-order valence-electron chi connectivity index (χ0n) is 7.53. The van der Waals surface area contributed by atoms with Crippen molar-refractivity contribution >= 4 is 18.1 Å². The largest absolute Gasteiger partial charge is 0.394 e. The van der Waals surface area contributed by atoms with E-state index < -0.39 is 36.6 Å². The lowest BCUT2D eigenvalue weighted by atomic mass is 10.0. The summed E-state index contributed by atoms with van der Waals surface area (Å²) in [6, 6.07) is 0. The number of nitrogens with one attached hydrogen (secondary N) is 1. The Morgan fingerprint density at radius 3 is 2.20 bits per heavy atom. The van der Waals surface area contributed by atoms with Crippen molar-refractivity contribution < 1.29 is 34.8 Å². The van der Waals surface area contributed by atoms with E-state index in [1.54, 1.807) is 0 Å². The minimum absolute atomic E-state index is 0.0677. The van der Waals surface area contributed by atoms with E-state index in [1.165, 1.54) is 5.32 Å². The van der Waals surface area contributed by atoms with E-state index in [2.05, 4.69) is 0 Å². The topological polar surface area (TPSA) is 144 Å². The summed E-state index contributed by atoms with van der Waals surface area (Å²) in [7, 11) is 0. The molecule has 0 heterocycles. The van der Waals surface area contributed by atoms with E-state index in [9.17, 15) is 14.4 Å².